The first kappa shape index (κ1) is 15.0. The quantitative estimate of drug-likeness (QED) is 0.615. The Kier molecular flexibility index (Phi) is 4.48. The van der Waals surface area contributed by atoms with E-state index in [9.17, 15) is 9.59 Å². The van der Waals surface area contributed by atoms with Crippen LogP contribution in [0, 0.1) is 19.8 Å². The number of hydrogen-bond donors (Lipinski definition) is 0. The molecule has 108 valence electrons. The molecule has 1 atom stereocenters. The summed E-state index contributed by atoms with van der Waals surface area (Å²) in [6, 6.07) is 3.87. The van der Waals surface area contributed by atoms with E-state index < -0.39 is 5.91 Å². The average Bonchev–Trinajstić information content (AvgIpc) is 2.66. The number of ketones is 1. The summed E-state index contributed by atoms with van der Waals surface area (Å²) < 4.78 is 0. The van der Waals surface area contributed by atoms with Gasteiger partial charge in [-0.15, -0.1) is 11.6 Å². The van der Waals surface area contributed by atoms with Crippen LogP contribution < -0.4 is 4.90 Å². The van der Waals surface area contributed by atoms with Gasteiger partial charge in [-0.05, 0) is 43.7 Å². The average molecular weight is 294 g/mol. The van der Waals surface area contributed by atoms with Crippen molar-refractivity contribution in [1.29, 1.82) is 0 Å². The van der Waals surface area contributed by atoms with Gasteiger partial charge in [-0.2, -0.15) is 0 Å². The minimum Gasteiger partial charge on any atom is -0.304 e. The third-order valence-electron chi connectivity index (χ3n) is 3.97. The molecule has 0 saturated carbocycles. The zero-order valence-corrected chi connectivity index (χ0v) is 13.0. The van der Waals surface area contributed by atoms with Crippen molar-refractivity contribution in [2.75, 3.05) is 17.3 Å². The Hall–Kier alpha value is -1.35. The van der Waals surface area contributed by atoms with E-state index in [4.69, 9.17) is 11.6 Å². The lowest BCUT2D eigenvalue weighted by Crippen LogP contribution is -2.31. The Balaban J connectivity index is 2.27. The van der Waals surface area contributed by atoms with E-state index in [2.05, 4.69) is 6.92 Å². The van der Waals surface area contributed by atoms with Crippen LogP contribution in [-0.4, -0.2) is 24.1 Å². The highest BCUT2D eigenvalue weighted by molar-refractivity contribution is 6.52. The molecule has 2 rings (SSSR count). The Morgan fingerprint density at radius 3 is 2.45 bits per heavy atom. The van der Waals surface area contributed by atoms with Gasteiger partial charge in [0.05, 0.1) is 11.3 Å². The molecule has 1 amide bonds. The third kappa shape index (κ3) is 2.59. The number of benzene rings is 1. The number of fused-ring (bicyclic) bond motifs is 1. The second kappa shape index (κ2) is 5.96. The van der Waals surface area contributed by atoms with E-state index in [1.165, 1.54) is 0 Å². The van der Waals surface area contributed by atoms with Gasteiger partial charge >= 0.3 is 0 Å². The number of amides is 1. The van der Waals surface area contributed by atoms with Crippen LogP contribution in [0.5, 0.6) is 0 Å². The normalized spacial score (nSPS) is 15.7. The van der Waals surface area contributed by atoms with Gasteiger partial charge in [-0.1, -0.05) is 19.1 Å². The fourth-order valence-corrected chi connectivity index (χ4v) is 3.03. The van der Waals surface area contributed by atoms with Gasteiger partial charge in [0.2, 0.25) is 0 Å². The van der Waals surface area contributed by atoms with Crippen LogP contribution in [-0.2, 0) is 4.79 Å². The van der Waals surface area contributed by atoms with Crippen LogP contribution in [0.2, 0.25) is 0 Å². The first-order valence-electron chi connectivity index (χ1n) is 6.99. The van der Waals surface area contributed by atoms with E-state index in [1.807, 2.05) is 26.0 Å². The first-order chi connectivity index (χ1) is 9.47. The molecule has 1 aliphatic heterocycles. The van der Waals surface area contributed by atoms with Crippen molar-refractivity contribution >= 4 is 29.0 Å². The van der Waals surface area contributed by atoms with Gasteiger partial charge in [0.1, 0.15) is 0 Å². The number of rotatable bonds is 5. The highest BCUT2D eigenvalue weighted by atomic mass is 35.5. The molecule has 0 saturated heterocycles. The Morgan fingerprint density at radius 2 is 1.80 bits per heavy atom. The molecule has 0 fully saturated rings. The molecule has 1 aromatic rings. The van der Waals surface area contributed by atoms with Gasteiger partial charge in [-0.3, -0.25) is 9.59 Å². The summed E-state index contributed by atoms with van der Waals surface area (Å²) in [6.07, 6.45) is 1.79. The van der Waals surface area contributed by atoms with Crippen LogP contribution in [0.15, 0.2) is 12.1 Å². The van der Waals surface area contributed by atoms with Crippen molar-refractivity contribution in [1.82, 2.24) is 0 Å². The Morgan fingerprint density at radius 1 is 1.15 bits per heavy atom. The van der Waals surface area contributed by atoms with E-state index in [0.717, 1.165) is 29.7 Å². The summed E-state index contributed by atoms with van der Waals surface area (Å²) in [5.41, 5.74) is 3.24. The summed E-state index contributed by atoms with van der Waals surface area (Å²) in [5.74, 6) is 0.314. The number of carbonyl (C=O) groups excluding carboxylic acids is 2. The second-order valence-electron chi connectivity index (χ2n) is 5.58. The molecule has 0 aromatic heterocycles. The lowest BCUT2D eigenvalue weighted by atomic mass is 10.0. The molecule has 1 heterocycles. The summed E-state index contributed by atoms with van der Waals surface area (Å²) in [6.45, 7) is 6.52. The van der Waals surface area contributed by atoms with Crippen molar-refractivity contribution in [2.24, 2.45) is 5.92 Å². The number of Topliss-reactive ketones (excluding diaryl/α,β-unsaturated/α-hetero) is 1. The number of alkyl halides is 1. The summed E-state index contributed by atoms with van der Waals surface area (Å²) in [7, 11) is 0. The molecule has 4 heteroatoms. The molecule has 0 aliphatic carbocycles. The number of hydrogen-bond acceptors (Lipinski definition) is 2. The van der Waals surface area contributed by atoms with E-state index in [0.29, 0.717) is 23.9 Å². The molecule has 0 N–H and O–H groups in total. The van der Waals surface area contributed by atoms with Crippen LogP contribution in [0.1, 0.15) is 41.3 Å². The summed E-state index contributed by atoms with van der Waals surface area (Å²) in [5, 5.41) is 0. The molecule has 1 unspecified atom stereocenters. The van der Waals surface area contributed by atoms with Gasteiger partial charge in [0.25, 0.3) is 11.7 Å². The first-order valence-corrected chi connectivity index (χ1v) is 7.53. The van der Waals surface area contributed by atoms with Crippen LogP contribution in [0.25, 0.3) is 0 Å². The fourth-order valence-electron chi connectivity index (χ4n) is 2.66. The zero-order chi connectivity index (χ0) is 14.9. The second-order valence-corrected chi connectivity index (χ2v) is 5.96. The number of halogens is 1. The largest absolute Gasteiger partial charge is 0.304 e. The van der Waals surface area contributed by atoms with Crippen LogP contribution in [0.4, 0.5) is 5.69 Å². The van der Waals surface area contributed by atoms with Crippen molar-refractivity contribution in [3.05, 3.63) is 28.8 Å². The van der Waals surface area contributed by atoms with Crippen molar-refractivity contribution < 1.29 is 9.59 Å². The molecule has 20 heavy (non-hydrogen) atoms. The summed E-state index contributed by atoms with van der Waals surface area (Å²) >= 11 is 5.74. The topological polar surface area (TPSA) is 37.4 Å². The molecule has 3 nitrogen and oxygen atoms in total. The fraction of sp³-hybridized carbons (Fsp3) is 0.500. The smallest absolute Gasteiger partial charge is 0.299 e. The maximum atomic E-state index is 12.2. The van der Waals surface area contributed by atoms with Gasteiger partial charge in [-0.25, -0.2) is 0 Å². The van der Waals surface area contributed by atoms with Crippen molar-refractivity contribution in [3.63, 3.8) is 0 Å². The van der Waals surface area contributed by atoms with E-state index in [1.54, 1.807) is 4.90 Å². The zero-order valence-electron chi connectivity index (χ0n) is 12.2. The van der Waals surface area contributed by atoms with E-state index >= 15 is 0 Å². The molecule has 0 bridgehead atoms. The standard InChI is InChI=1S/C16H20ClNO2/c1-10(6-8-17)7-9-18-14-12(3)5-4-11(2)13(14)15(19)16(18)20/h4-5,10H,6-9H2,1-3H3. The molecular weight excluding hydrogens is 274 g/mol. The molecule has 1 aromatic carbocycles. The molecular formula is C16H20ClNO2. The van der Waals surface area contributed by atoms with Crippen LogP contribution in [0.3, 0.4) is 0 Å². The lowest BCUT2D eigenvalue weighted by molar-refractivity contribution is -0.114. The van der Waals surface area contributed by atoms with Gasteiger partial charge in [0, 0.05) is 12.4 Å². The minimum atomic E-state index is -0.393. The van der Waals surface area contributed by atoms with Gasteiger partial charge in [0.15, 0.2) is 0 Å². The number of aryl methyl sites for hydroxylation is 2. The minimum absolute atomic E-state index is 0.369. The van der Waals surface area contributed by atoms with E-state index in [-0.39, 0.29) is 5.78 Å². The number of nitrogens with zero attached hydrogens (tertiary/aromatic N) is 1. The SMILES string of the molecule is Cc1ccc(C)c2c1C(=O)C(=O)N2CCC(C)CCCl. The number of carbonyl (C=O) groups is 2. The predicted octanol–water partition coefficient (Wildman–Crippen LogP) is 3.49. The van der Waals surface area contributed by atoms with Crippen LogP contribution >= 0.6 is 11.6 Å². The Bertz CT molecular complexity index is 554. The highest BCUT2D eigenvalue weighted by Gasteiger charge is 2.37. The molecule has 0 spiro atoms. The van der Waals surface area contributed by atoms with Crippen molar-refractivity contribution in [3.8, 4) is 0 Å². The van der Waals surface area contributed by atoms with Gasteiger partial charge < -0.3 is 4.90 Å². The third-order valence-corrected chi connectivity index (χ3v) is 4.19. The van der Waals surface area contributed by atoms with Crippen molar-refractivity contribution in [2.45, 2.75) is 33.6 Å². The maximum absolute atomic E-state index is 12.2. The maximum Gasteiger partial charge on any atom is 0.299 e. The highest BCUT2D eigenvalue weighted by Crippen LogP contribution is 2.35. The monoisotopic (exact) mass is 293 g/mol. The predicted molar refractivity (Wildman–Crippen MR) is 81.7 cm³/mol. The number of anilines is 1. The molecule has 0 radical (unpaired) electrons. The molecule has 1 aliphatic rings. The summed E-state index contributed by atoms with van der Waals surface area (Å²) in [4.78, 5) is 26.0. The Labute approximate surface area is 124 Å². The lowest BCUT2D eigenvalue weighted by Gasteiger charge is -2.20.